The van der Waals surface area contributed by atoms with Crippen molar-refractivity contribution in [2.45, 2.75) is 70.1 Å². The van der Waals surface area contributed by atoms with Gasteiger partial charge in [0.15, 0.2) is 0 Å². The Morgan fingerprint density at radius 2 is 1.87 bits per heavy atom. The normalized spacial score (nSPS) is 26.1. The molecule has 2 aliphatic rings. The van der Waals surface area contributed by atoms with Crippen LogP contribution in [0.15, 0.2) is 23.4 Å². The number of piperidine rings is 1. The highest BCUT2D eigenvalue weighted by molar-refractivity contribution is 5.99. The van der Waals surface area contributed by atoms with Gasteiger partial charge in [-0.3, -0.25) is 4.90 Å². The number of methoxy groups -OCH3 is 1. The molecular weight excluding hydrogens is 394 g/mol. The largest absolute Gasteiger partial charge is 0.506 e. The number of ether oxygens (including phenoxy) is 2. The van der Waals surface area contributed by atoms with Crippen LogP contribution in [-0.4, -0.2) is 73.9 Å². The summed E-state index contributed by atoms with van der Waals surface area (Å²) in [5.74, 6) is 0.273. The molecule has 3 rings (SSSR count). The fourth-order valence-electron chi connectivity index (χ4n) is 4.84. The molecule has 1 saturated heterocycles. The van der Waals surface area contributed by atoms with Gasteiger partial charge < -0.3 is 24.7 Å². The molecule has 1 saturated carbocycles. The highest BCUT2D eigenvalue weighted by atomic mass is 16.6. The molecule has 7 nitrogen and oxygen atoms in total. The quantitative estimate of drug-likeness (QED) is 0.265. The van der Waals surface area contributed by atoms with Gasteiger partial charge in [0, 0.05) is 37.3 Å². The summed E-state index contributed by atoms with van der Waals surface area (Å²) in [5.41, 5.74) is 2.76. The number of phenolic OH excluding ortho intramolecular Hbond substituents is 1. The van der Waals surface area contributed by atoms with E-state index < -0.39 is 0 Å². The van der Waals surface area contributed by atoms with Crippen molar-refractivity contribution < 1.29 is 19.4 Å². The first kappa shape index (κ1) is 23.8. The monoisotopic (exact) mass is 433 g/mol. The Hall–Kier alpha value is -1.83. The van der Waals surface area contributed by atoms with E-state index in [1.165, 1.54) is 20.0 Å². The lowest BCUT2D eigenvalue weighted by Crippen LogP contribution is -2.53. The van der Waals surface area contributed by atoms with E-state index in [0.29, 0.717) is 25.4 Å². The van der Waals surface area contributed by atoms with Crippen LogP contribution in [0.4, 0.5) is 5.69 Å². The maximum atomic E-state index is 10.3. The lowest BCUT2D eigenvalue weighted by atomic mass is 9.79. The average Bonchev–Trinajstić information content (AvgIpc) is 2.77. The number of aromatic hydroxyl groups is 1. The van der Waals surface area contributed by atoms with Gasteiger partial charge in [-0.2, -0.15) is 0 Å². The Morgan fingerprint density at radius 1 is 1.16 bits per heavy atom. The molecule has 0 radical (unpaired) electrons. The summed E-state index contributed by atoms with van der Waals surface area (Å²) in [6, 6.07) is 5.88. The smallest absolute Gasteiger partial charge is 0.138 e. The zero-order chi connectivity index (χ0) is 22.3. The molecular formula is C24H39N3O4. The molecule has 174 valence electrons. The number of anilines is 1. The van der Waals surface area contributed by atoms with Gasteiger partial charge in [-0.05, 0) is 70.6 Å². The van der Waals surface area contributed by atoms with Crippen LogP contribution in [0.25, 0.3) is 0 Å². The number of hydrogen-bond donors (Lipinski definition) is 2. The van der Waals surface area contributed by atoms with E-state index in [-0.39, 0.29) is 11.3 Å². The highest BCUT2D eigenvalue weighted by Gasteiger charge is 2.38. The van der Waals surface area contributed by atoms with E-state index in [2.05, 4.69) is 22.3 Å². The lowest BCUT2D eigenvalue weighted by molar-refractivity contribution is -0.0398. The summed E-state index contributed by atoms with van der Waals surface area (Å²) < 4.78 is 11.0. The Balaban J connectivity index is 1.50. The van der Waals surface area contributed by atoms with Gasteiger partial charge in [-0.25, -0.2) is 0 Å². The molecule has 1 heterocycles. The third-order valence-electron chi connectivity index (χ3n) is 6.91. The molecule has 7 heteroatoms. The SMILES string of the molecule is COCCOC1CCC(C)(N2CCC(Nc3cc(/C(C)=N/OC)ccc3O)CC2)CC1. The van der Waals surface area contributed by atoms with Crippen molar-refractivity contribution in [2.24, 2.45) is 5.16 Å². The second kappa shape index (κ2) is 11.2. The number of nitrogens with zero attached hydrogens (tertiary/aromatic N) is 2. The first-order valence-corrected chi connectivity index (χ1v) is 11.5. The molecule has 2 N–H and O–H groups in total. The number of benzene rings is 1. The van der Waals surface area contributed by atoms with Gasteiger partial charge in [-0.15, -0.1) is 0 Å². The third kappa shape index (κ3) is 6.34. The van der Waals surface area contributed by atoms with Crippen LogP contribution >= 0.6 is 0 Å². The van der Waals surface area contributed by atoms with Crippen molar-refractivity contribution in [1.29, 1.82) is 0 Å². The van der Waals surface area contributed by atoms with Gasteiger partial charge in [0.1, 0.15) is 12.9 Å². The van der Waals surface area contributed by atoms with Gasteiger partial charge in [0.05, 0.1) is 30.7 Å². The Kier molecular flexibility index (Phi) is 8.58. The van der Waals surface area contributed by atoms with Crippen molar-refractivity contribution in [2.75, 3.05) is 45.8 Å². The van der Waals surface area contributed by atoms with Crippen molar-refractivity contribution in [3.05, 3.63) is 23.8 Å². The average molecular weight is 434 g/mol. The Labute approximate surface area is 186 Å². The summed E-state index contributed by atoms with van der Waals surface area (Å²) in [5, 5.41) is 17.9. The van der Waals surface area contributed by atoms with Crippen LogP contribution in [0, 0.1) is 0 Å². The van der Waals surface area contributed by atoms with Crippen LogP contribution in [0.3, 0.4) is 0 Å². The van der Waals surface area contributed by atoms with Crippen LogP contribution < -0.4 is 5.32 Å². The molecule has 1 aliphatic carbocycles. The van der Waals surface area contributed by atoms with Gasteiger partial charge >= 0.3 is 0 Å². The highest BCUT2D eigenvalue weighted by Crippen LogP contribution is 2.37. The summed E-state index contributed by atoms with van der Waals surface area (Å²) in [4.78, 5) is 7.54. The minimum Gasteiger partial charge on any atom is -0.506 e. The molecule has 0 atom stereocenters. The molecule has 1 aromatic rings. The first-order valence-electron chi connectivity index (χ1n) is 11.5. The zero-order valence-corrected chi connectivity index (χ0v) is 19.5. The molecule has 31 heavy (non-hydrogen) atoms. The minimum absolute atomic E-state index is 0.266. The maximum absolute atomic E-state index is 10.3. The van der Waals surface area contributed by atoms with E-state index in [1.54, 1.807) is 13.2 Å². The number of nitrogens with one attached hydrogen (secondary N) is 1. The predicted molar refractivity (Wildman–Crippen MR) is 124 cm³/mol. The van der Waals surface area contributed by atoms with Gasteiger partial charge in [0.2, 0.25) is 0 Å². The number of hydrogen-bond acceptors (Lipinski definition) is 7. The van der Waals surface area contributed by atoms with E-state index in [9.17, 15) is 5.11 Å². The molecule has 1 aromatic carbocycles. The number of likely N-dealkylation sites (tertiary alicyclic amines) is 1. The molecule has 1 aliphatic heterocycles. The molecule has 0 amide bonds. The number of phenols is 1. The number of oxime groups is 1. The molecule has 0 bridgehead atoms. The van der Waals surface area contributed by atoms with Crippen molar-refractivity contribution in [3.63, 3.8) is 0 Å². The fourth-order valence-corrected chi connectivity index (χ4v) is 4.84. The second-order valence-corrected chi connectivity index (χ2v) is 9.06. The van der Waals surface area contributed by atoms with E-state index in [1.807, 2.05) is 19.1 Å². The summed E-state index contributed by atoms with van der Waals surface area (Å²) >= 11 is 0. The lowest BCUT2D eigenvalue weighted by Gasteiger charge is -2.48. The maximum Gasteiger partial charge on any atom is 0.138 e. The van der Waals surface area contributed by atoms with Gasteiger partial charge in [0.25, 0.3) is 0 Å². The van der Waals surface area contributed by atoms with Crippen LogP contribution in [-0.2, 0) is 14.3 Å². The first-order chi connectivity index (χ1) is 14.9. The summed E-state index contributed by atoms with van der Waals surface area (Å²) in [6.07, 6.45) is 7.13. The summed E-state index contributed by atoms with van der Waals surface area (Å²) in [7, 11) is 3.26. The number of rotatable bonds is 9. The van der Waals surface area contributed by atoms with Crippen LogP contribution in [0.2, 0.25) is 0 Å². The van der Waals surface area contributed by atoms with Gasteiger partial charge in [-0.1, -0.05) is 5.16 Å². The minimum atomic E-state index is 0.266. The topological polar surface area (TPSA) is 75.6 Å². The fraction of sp³-hybridized carbons (Fsp3) is 0.708. The molecule has 0 aromatic heterocycles. The Morgan fingerprint density at radius 3 is 2.52 bits per heavy atom. The Bertz CT molecular complexity index is 724. The third-order valence-corrected chi connectivity index (χ3v) is 6.91. The van der Waals surface area contributed by atoms with E-state index in [0.717, 1.165) is 55.7 Å². The van der Waals surface area contributed by atoms with Crippen molar-refractivity contribution >= 4 is 11.4 Å². The standard InChI is InChI=1S/C24H39N3O4/c1-18(26-30-4)19-5-6-23(28)22(17-19)25-20-9-13-27(14-10-20)24(2)11-7-21(8-12-24)31-16-15-29-3/h5-6,17,20-21,25,28H,7-16H2,1-4H3/b26-18+. The van der Waals surface area contributed by atoms with Crippen molar-refractivity contribution in [1.82, 2.24) is 4.90 Å². The molecule has 2 fully saturated rings. The van der Waals surface area contributed by atoms with Crippen LogP contribution in [0.5, 0.6) is 5.75 Å². The van der Waals surface area contributed by atoms with Crippen LogP contribution in [0.1, 0.15) is 57.9 Å². The predicted octanol–water partition coefficient (Wildman–Crippen LogP) is 4.00. The zero-order valence-electron chi connectivity index (χ0n) is 19.5. The van der Waals surface area contributed by atoms with E-state index >= 15 is 0 Å². The van der Waals surface area contributed by atoms with E-state index in [4.69, 9.17) is 14.3 Å². The summed E-state index contributed by atoms with van der Waals surface area (Å²) in [6.45, 7) is 7.84. The van der Waals surface area contributed by atoms with Crippen molar-refractivity contribution in [3.8, 4) is 5.75 Å². The second-order valence-electron chi connectivity index (χ2n) is 9.06. The molecule has 0 spiro atoms. The molecule has 0 unspecified atom stereocenters.